The zero-order chi connectivity index (χ0) is 12.3. The van der Waals surface area contributed by atoms with Crippen LogP contribution in [-0.2, 0) is 0 Å². The maximum atomic E-state index is 12.2. The molecule has 1 saturated heterocycles. The fraction of sp³-hybridized carbons (Fsp3) is 0.583. The van der Waals surface area contributed by atoms with Gasteiger partial charge in [-0.3, -0.25) is 4.79 Å². The smallest absolute Gasteiger partial charge is 0.270 e. The minimum atomic E-state index is 0. The topological polar surface area (TPSA) is 48.1 Å². The summed E-state index contributed by atoms with van der Waals surface area (Å²) in [6.07, 6.45) is 4.07. The fourth-order valence-electron chi connectivity index (χ4n) is 2.29. The predicted octanol–water partition coefficient (Wildman–Crippen LogP) is 2.11. The summed E-state index contributed by atoms with van der Waals surface area (Å²) < 4.78 is 1.08. The second-order valence-electron chi connectivity index (χ2n) is 4.52. The van der Waals surface area contributed by atoms with E-state index in [0.29, 0.717) is 11.6 Å². The van der Waals surface area contributed by atoms with Gasteiger partial charge in [-0.15, -0.1) is 12.4 Å². The highest BCUT2D eigenvalue weighted by atomic mass is 127. The van der Waals surface area contributed by atoms with Gasteiger partial charge in [0, 0.05) is 22.9 Å². The van der Waals surface area contributed by atoms with Crippen LogP contribution in [0.1, 0.15) is 23.3 Å². The van der Waals surface area contributed by atoms with Crippen molar-refractivity contribution in [3.63, 3.8) is 0 Å². The molecule has 0 unspecified atom stereocenters. The molecule has 1 aromatic rings. The van der Waals surface area contributed by atoms with Gasteiger partial charge in [0.2, 0.25) is 0 Å². The molecule has 1 amide bonds. The van der Waals surface area contributed by atoms with E-state index >= 15 is 0 Å². The molecule has 0 aliphatic carbocycles. The molecule has 102 valence electrons. The minimum absolute atomic E-state index is 0. The van der Waals surface area contributed by atoms with Gasteiger partial charge in [-0.25, -0.2) is 0 Å². The number of carbonyl (C=O) groups is 1. The first-order valence-electron chi connectivity index (χ1n) is 5.98. The van der Waals surface area contributed by atoms with Gasteiger partial charge in [0.15, 0.2) is 0 Å². The standard InChI is InChI=1S/C12H18IN3O.ClH/c1-14-7-9-2-4-16(5-3-9)12(17)11-6-10(13)8-15-11;/h6,8-9,14-15H,2-5,7H2,1H3;1H. The molecule has 0 aromatic carbocycles. The average Bonchev–Trinajstić information content (AvgIpc) is 2.76. The molecule has 1 aliphatic heterocycles. The first-order valence-corrected chi connectivity index (χ1v) is 7.06. The van der Waals surface area contributed by atoms with E-state index < -0.39 is 0 Å². The van der Waals surface area contributed by atoms with Crippen LogP contribution in [-0.4, -0.2) is 42.5 Å². The normalized spacial score (nSPS) is 16.4. The van der Waals surface area contributed by atoms with E-state index in [1.54, 1.807) is 0 Å². The van der Waals surface area contributed by atoms with Crippen LogP contribution >= 0.6 is 35.0 Å². The van der Waals surface area contributed by atoms with Crippen molar-refractivity contribution in [2.75, 3.05) is 26.7 Å². The van der Waals surface area contributed by atoms with E-state index in [1.807, 2.05) is 24.2 Å². The van der Waals surface area contributed by atoms with Crippen LogP contribution < -0.4 is 5.32 Å². The summed E-state index contributed by atoms with van der Waals surface area (Å²) in [4.78, 5) is 17.1. The van der Waals surface area contributed by atoms with Gasteiger partial charge in [-0.05, 0) is 61.0 Å². The van der Waals surface area contributed by atoms with Crippen molar-refractivity contribution in [3.8, 4) is 0 Å². The average molecular weight is 384 g/mol. The van der Waals surface area contributed by atoms with Crippen LogP contribution in [0.5, 0.6) is 0 Å². The lowest BCUT2D eigenvalue weighted by atomic mass is 9.97. The number of piperidine rings is 1. The SMILES string of the molecule is CNCC1CCN(C(=O)c2cc(I)c[nH]2)CC1.Cl. The summed E-state index contributed by atoms with van der Waals surface area (Å²) in [6, 6.07) is 1.91. The Balaban J connectivity index is 0.00000162. The molecule has 1 aromatic heterocycles. The third-order valence-electron chi connectivity index (χ3n) is 3.27. The number of likely N-dealkylation sites (tertiary alicyclic amines) is 1. The number of amides is 1. The van der Waals surface area contributed by atoms with Crippen LogP contribution in [0, 0.1) is 9.49 Å². The van der Waals surface area contributed by atoms with Crippen molar-refractivity contribution in [3.05, 3.63) is 21.5 Å². The number of H-pyrrole nitrogens is 1. The summed E-state index contributed by atoms with van der Waals surface area (Å²) in [5, 5.41) is 3.21. The first kappa shape index (κ1) is 15.8. The van der Waals surface area contributed by atoms with Crippen molar-refractivity contribution in [2.24, 2.45) is 5.92 Å². The van der Waals surface area contributed by atoms with Crippen molar-refractivity contribution in [1.29, 1.82) is 0 Å². The lowest BCUT2D eigenvalue weighted by Gasteiger charge is -2.31. The van der Waals surface area contributed by atoms with Gasteiger partial charge < -0.3 is 15.2 Å². The van der Waals surface area contributed by atoms with Crippen LogP contribution in [0.25, 0.3) is 0 Å². The summed E-state index contributed by atoms with van der Waals surface area (Å²) in [7, 11) is 1.98. The lowest BCUT2D eigenvalue weighted by molar-refractivity contribution is 0.0685. The third kappa shape index (κ3) is 3.86. The Kier molecular flexibility index (Phi) is 6.45. The zero-order valence-corrected chi connectivity index (χ0v) is 13.4. The molecule has 2 N–H and O–H groups in total. The van der Waals surface area contributed by atoms with E-state index in [0.717, 1.165) is 36.0 Å². The Bertz CT molecular complexity index is 388. The quantitative estimate of drug-likeness (QED) is 0.786. The molecule has 2 rings (SSSR count). The Morgan fingerprint density at radius 2 is 2.22 bits per heavy atom. The van der Waals surface area contributed by atoms with Crippen molar-refractivity contribution in [2.45, 2.75) is 12.8 Å². The number of carbonyl (C=O) groups excluding carboxylic acids is 1. The molecule has 2 heterocycles. The Hall–Kier alpha value is -0.270. The molecular formula is C12H19ClIN3O. The maximum Gasteiger partial charge on any atom is 0.270 e. The van der Waals surface area contributed by atoms with Crippen molar-refractivity contribution in [1.82, 2.24) is 15.2 Å². The number of aromatic nitrogens is 1. The van der Waals surface area contributed by atoms with Crippen LogP contribution in [0.2, 0.25) is 0 Å². The molecule has 4 nitrogen and oxygen atoms in total. The second kappa shape index (κ2) is 7.35. The highest BCUT2D eigenvalue weighted by molar-refractivity contribution is 14.1. The Labute approximate surface area is 127 Å². The van der Waals surface area contributed by atoms with E-state index in [-0.39, 0.29) is 18.3 Å². The molecule has 18 heavy (non-hydrogen) atoms. The van der Waals surface area contributed by atoms with Gasteiger partial charge in [-0.2, -0.15) is 0 Å². The number of nitrogens with one attached hydrogen (secondary N) is 2. The van der Waals surface area contributed by atoms with E-state index in [2.05, 4.69) is 32.9 Å². The van der Waals surface area contributed by atoms with Gasteiger partial charge in [0.25, 0.3) is 5.91 Å². The summed E-state index contributed by atoms with van der Waals surface area (Å²) in [5.41, 5.74) is 0.710. The minimum Gasteiger partial charge on any atom is -0.356 e. The number of aromatic amines is 1. The Morgan fingerprint density at radius 3 is 2.72 bits per heavy atom. The molecule has 0 spiro atoms. The molecule has 0 bridgehead atoms. The largest absolute Gasteiger partial charge is 0.356 e. The number of hydrogen-bond acceptors (Lipinski definition) is 2. The molecule has 0 radical (unpaired) electrons. The van der Waals surface area contributed by atoms with Crippen LogP contribution in [0.3, 0.4) is 0 Å². The van der Waals surface area contributed by atoms with Gasteiger partial charge in [0.05, 0.1) is 0 Å². The lowest BCUT2D eigenvalue weighted by Crippen LogP contribution is -2.40. The molecule has 0 saturated carbocycles. The van der Waals surface area contributed by atoms with E-state index in [9.17, 15) is 4.79 Å². The number of halogens is 2. The summed E-state index contributed by atoms with van der Waals surface area (Å²) in [6.45, 7) is 2.81. The Morgan fingerprint density at radius 1 is 1.56 bits per heavy atom. The molecule has 1 fully saturated rings. The highest BCUT2D eigenvalue weighted by Gasteiger charge is 2.23. The highest BCUT2D eigenvalue weighted by Crippen LogP contribution is 2.18. The van der Waals surface area contributed by atoms with Crippen LogP contribution in [0.4, 0.5) is 0 Å². The second-order valence-corrected chi connectivity index (χ2v) is 5.77. The van der Waals surface area contributed by atoms with E-state index in [4.69, 9.17) is 0 Å². The number of nitrogens with zero attached hydrogens (tertiary/aromatic N) is 1. The van der Waals surface area contributed by atoms with E-state index in [1.165, 1.54) is 0 Å². The van der Waals surface area contributed by atoms with Crippen molar-refractivity contribution < 1.29 is 4.79 Å². The summed E-state index contributed by atoms with van der Waals surface area (Å²) >= 11 is 2.21. The molecule has 1 aliphatic rings. The monoisotopic (exact) mass is 383 g/mol. The van der Waals surface area contributed by atoms with Gasteiger partial charge in [-0.1, -0.05) is 0 Å². The molecule has 6 heteroatoms. The van der Waals surface area contributed by atoms with Gasteiger partial charge in [0.1, 0.15) is 5.69 Å². The summed E-state index contributed by atoms with van der Waals surface area (Å²) in [5.74, 6) is 0.851. The maximum absolute atomic E-state index is 12.2. The zero-order valence-electron chi connectivity index (χ0n) is 10.4. The molecular weight excluding hydrogens is 365 g/mol. The first-order chi connectivity index (χ1) is 8.20. The van der Waals surface area contributed by atoms with Crippen LogP contribution in [0.15, 0.2) is 12.3 Å². The van der Waals surface area contributed by atoms with Gasteiger partial charge >= 0.3 is 0 Å². The number of hydrogen-bond donors (Lipinski definition) is 2. The van der Waals surface area contributed by atoms with Crippen molar-refractivity contribution >= 4 is 40.9 Å². The molecule has 0 atom stereocenters. The third-order valence-corrected chi connectivity index (χ3v) is 3.90. The predicted molar refractivity (Wildman–Crippen MR) is 83.3 cm³/mol. The fourth-order valence-corrected chi connectivity index (χ4v) is 2.76. The number of rotatable bonds is 3.